The highest BCUT2D eigenvalue weighted by Crippen LogP contribution is 2.68. The number of nitrogens with zero attached hydrogens (tertiary/aromatic N) is 1. The summed E-state index contributed by atoms with van der Waals surface area (Å²) in [5, 5.41) is 22.0. The van der Waals surface area contributed by atoms with Gasteiger partial charge in [0.1, 0.15) is 5.75 Å². The highest BCUT2D eigenvalue weighted by molar-refractivity contribution is 8.37. The van der Waals surface area contributed by atoms with Crippen molar-refractivity contribution in [2.75, 3.05) is 25.7 Å². The lowest BCUT2D eigenvalue weighted by molar-refractivity contribution is -0.127. The van der Waals surface area contributed by atoms with Gasteiger partial charge in [-0.25, -0.2) is 0 Å². The Hall–Kier alpha value is -3.22. The number of pyridine rings is 1. The van der Waals surface area contributed by atoms with Crippen LogP contribution in [0.2, 0.25) is 0 Å². The maximum Gasteiger partial charge on any atom is 0.272 e. The van der Waals surface area contributed by atoms with Crippen molar-refractivity contribution >= 4 is 38.6 Å². The number of terminal acetylenes is 1. The molecule has 3 N–H and O–H groups in total. The van der Waals surface area contributed by atoms with Gasteiger partial charge in [-0.1, -0.05) is 70.0 Å². The molecular formula is C36H46N2O4S2. The maximum atomic E-state index is 12.4. The molecule has 44 heavy (non-hydrogen) atoms. The van der Waals surface area contributed by atoms with Gasteiger partial charge in [-0.15, -0.1) is 18.2 Å². The van der Waals surface area contributed by atoms with Gasteiger partial charge in [0.15, 0.2) is 0 Å². The second-order valence-corrected chi connectivity index (χ2v) is 17.2. The fourth-order valence-electron chi connectivity index (χ4n) is 4.63. The summed E-state index contributed by atoms with van der Waals surface area (Å²) in [6.07, 6.45) is 19.6. The van der Waals surface area contributed by atoms with Gasteiger partial charge in [0.25, 0.3) is 5.91 Å². The number of carbonyl (C=O) groups is 1. The number of aliphatic hydroxyl groups is 2. The lowest BCUT2D eigenvalue weighted by Crippen LogP contribution is -2.54. The summed E-state index contributed by atoms with van der Waals surface area (Å²) in [6.45, 7) is 10.2. The molecule has 1 aliphatic carbocycles. The average Bonchev–Trinajstić information content (AvgIpc) is 3.03. The molecule has 1 amide bonds. The summed E-state index contributed by atoms with van der Waals surface area (Å²) in [5.74, 6) is 3.27. The van der Waals surface area contributed by atoms with E-state index in [0.29, 0.717) is 17.2 Å². The van der Waals surface area contributed by atoms with E-state index in [4.69, 9.17) is 11.2 Å². The average molecular weight is 635 g/mol. The van der Waals surface area contributed by atoms with Crippen LogP contribution in [-0.2, 0) is 4.79 Å². The first-order valence-corrected chi connectivity index (χ1v) is 17.9. The van der Waals surface area contributed by atoms with Gasteiger partial charge in [0.2, 0.25) is 5.44 Å². The standard InChI is InChI=1S/C18H20N2O4S.C18H26S/c1-4-12-7-13-8-14(5-6-15(13)19-9-12)24-17(25-3)16(23)20-18(2,10-21)11-22;1-15-11-13-17(14-12-15)19(5,18(2,3)4)16-9-7-6-8-10-16/h1,5-9,17,21-22H,10-11H2,2-3H3,(H,20,23);6-11,13-15H,12H2,1-5H3. The molecule has 2 aromatic carbocycles. The maximum absolute atomic E-state index is 12.4. The number of carbonyl (C=O) groups excluding carboxylic acids is 1. The Labute approximate surface area is 268 Å². The number of benzene rings is 2. The van der Waals surface area contributed by atoms with Crippen molar-refractivity contribution in [3.63, 3.8) is 0 Å². The van der Waals surface area contributed by atoms with Crippen molar-refractivity contribution in [2.45, 2.75) is 61.7 Å². The lowest BCUT2D eigenvalue weighted by Gasteiger charge is -2.50. The van der Waals surface area contributed by atoms with Crippen molar-refractivity contribution < 1.29 is 19.7 Å². The minimum Gasteiger partial charge on any atom is -0.470 e. The number of thioether (sulfide) groups is 1. The molecule has 0 radical (unpaired) electrons. The molecule has 0 saturated carbocycles. The molecule has 0 spiro atoms. The Kier molecular flexibility index (Phi) is 12.2. The molecule has 1 aliphatic rings. The van der Waals surface area contributed by atoms with Gasteiger partial charge in [-0.3, -0.25) is 9.78 Å². The molecule has 1 heterocycles. The molecule has 4 rings (SSSR count). The van der Waals surface area contributed by atoms with E-state index in [2.05, 4.69) is 98.7 Å². The zero-order valence-electron chi connectivity index (χ0n) is 26.8. The van der Waals surface area contributed by atoms with Crippen molar-refractivity contribution in [1.82, 2.24) is 10.3 Å². The number of hydrogen-bond acceptors (Lipinski definition) is 6. The van der Waals surface area contributed by atoms with E-state index in [-0.39, 0.29) is 18.0 Å². The molecule has 3 aromatic rings. The summed E-state index contributed by atoms with van der Waals surface area (Å²) in [6, 6.07) is 18.1. The minimum absolute atomic E-state index is 0.269. The van der Waals surface area contributed by atoms with E-state index < -0.39 is 26.9 Å². The van der Waals surface area contributed by atoms with Crippen LogP contribution in [0.5, 0.6) is 5.75 Å². The number of amides is 1. The number of hydrogen-bond donors (Lipinski definition) is 3. The van der Waals surface area contributed by atoms with Crippen molar-refractivity contribution in [2.24, 2.45) is 5.92 Å². The van der Waals surface area contributed by atoms with Crippen molar-refractivity contribution in [3.8, 4) is 18.1 Å². The third kappa shape index (κ3) is 8.48. The Balaban J connectivity index is 0.000000249. The first-order valence-electron chi connectivity index (χ1n) is 14.6. The largest absolute Gasteiger partial charge is 0.470 e. The summed E-state index contributed by atoms with van der Waals surface area (Å²) in [4.78, 5) is 19.7. The monoisotopic (exact) mass is 634 g/mol. The molecular weight excluding hydrogens is 589 g/mol. The third-order valence-electron chi connectivity index (χ3n) is 7.80. The highest BCUT2D eigenvalue weighted by atomic mass is 32.3. The first kappa shape index (κ1) is 35.3. The zero-order valence-corrected chi connectivity index (χ0v) is 28.5. The molecule has 1 aromatic heterocycles. The van der Waals surface area contributed by atoms with Crippen LogP contribution < -0.4 is 10.1 Å². The summed E-state index contributed by atoms with van der Waals surface area (Å²) in [7, 11) is -0.985. The molecule has 0 saturated heterocycles. The van der Waals surface area contributed by atoms with Gasteiger partial charge in [0, 0.05) is 17.1 Å². The zero-order chi connectivity index (χ0) is 32.5. The Morgan fingerprint density at radius 2 is 1.84 bits per heavy atom. The number of ether oxygens (including phenoxy) is 1. The van der Waals surface area contributed by atoms with Crippen LogP contribution in [0, 0.1) is 18.3 Å². The second-order valence-electron chi connectivity index (χ2n) is 12.3. The number of allylic oxidation sites excluding steroid dienone is 3. The molecule has 3 atom stereocenters. The van der Waals surface area contributed by atoms with E-state index in [1.807, 2.05) is 6.07 Å². The number of aliphatic hydroxyl groups excluding tert-OH is 2. The summed E-state index contributed by atoms with van der Waals surface area (Å²) in [5.41, 5.74) is -0.516. The normalized spacial score (nSPS) is 17.6. The van der Waals surface area contributed by atoms with Crippen LogP contribution in [0.3, 0.4) is 0 Å². The van der Waals surface area contributed by atoms with Gasteiger partial charge >= 0.3 is 0 Å². The topological polar surface area (TPSA) is 91.7 Å². The first-order chi connectivity index (χ1) is 20.8. The number of aromatic nitrogens is 1. The summed E-state index contributed by atoms with van der Waals surface area (Å²) >= 11 is 1.20. The van der Waals surface area contributed by atoms with Gasteiger partial charge < -0.3 is 20.3 Å². The smallest absolute Gasteiger partial charge is 0.272 e. The van der Waals surface area contributed by atoms with E-state index in [1.165, 1.54) is 23.1 Å². The Bertz CT molecular complexity index is 1520. The van der Waals surface area contributed by atoms with Crippen molar-refractivity contribution in [3.05, 3.63) is 89.5 Å². The molecule has 6 nitrogen and oxygen atoms in total. The summed E-state index contributed by atoms with van der Waals surface area (Å²) < 4.78 is 6.02. The van der Waals surface area contributed by atoms with E-state index in [9.17, 15) is 15.0 Å². The SMILES string of the molecule is C#Cc1cnc2ccc(OC(SC)C(=O)NC(C)(CO)CO)cc2c1.CC1C=CC(S(C)(c2ccccc2)C(C)(C)C)=CC1. The van der Waals surface area contributed by atoms with E-state index in [0.717, 1.165) is 10.9 Å². The van der Waals surface area contributed by atoms with Crippen LogP contribution >= 0.6 is 21.8 Å². The lowest BCUT2D eigenvalue weighted by atomic mass is 10.0. The third-order valence-corrected chi connectivity index (χ3v) is 13.5. The number of fused-ring (bicyclic) bond motifs is 1. The van der Waals surface area contributed by atoms with Gasteiger partial charge in [0.05, 0.1) is 24.3 Å². The number of nitrogens with one attached hydrogen (secondary N) is 1. The fourth-order valence-corrected chi connectivity index (χ4v) is 8.27. The molecule has 0 fully saturated rings. The van der Waals surface area contributed by atoms with Gasteiger partial charge in [-0.05, 0) is 82.7 Å². The van der Waals surface area contributed by atoms with Crippen LogP contribution in [0.1, 0.15) is 46.6 Å². The molecule has 0 bridgehead atoms. The van der Waals surface area contributed by atoms with E-state index >= 15 is 0 Å². The predicted octanol–water partition coefficient (Wildman–Crippen LogP) is 6.90. The van der Waals surface area contributed by atoms with Crippen LogP contribution in [-0.4, -0.2) is 62.6 Å². The molecule has 236 valence electrons. The van der Waals surface area contributed by atoms with Gasteiger partial charge in [-0.2, -0.15) is 10.0 Å². The van der Waals surface area contributed by atoms with E-state index in [1.54, 1.807) is 42.5 Å². The van der Waals surface area contributed by atoms with Crippen LogP contribution in [0.4, 0.5) is 0 Å². The molecule has 0 aliphatic heterocycles. The molecule has 3 unspecified atom stereocenters. The molecule has 8 heteroatoms. The quantitative estimate of drug-likeness (QED) is 0.175. The second kappa shape index (κ2) is 15.2. The minimum atomic E-state index is -1.11. The predicted molar refractivity (Wildman–Crippen MR) is 187 cm³/mol. The Morgan fingerprint density at radius 1 is 1.16 bits per heavy atom. The Morgan fingerprint density at radius 3 is 2.39 bits per heavy atom. The van der Waals surface area contributed by atoms with Crippen molar-refractivity contribution in [1.29, 1.82) is 0 Å². The number of rotatable bonds is 9. The highest BCUT2D eigenvalue weighted by Gasteiger charge is 2.37. The fraction of sp³-hybridized carbons (Fsp3) is 0.389. The van der Waals surface area contributed by atoms with Crippen LogP contribution in [0.15, 0.2) is 88.8 Å². The van der Waals surface area contributed by atoms with Crippen LogP contribution in [0.25, 0.3) is 10.9 Å².